The van der Waals surface area contributed by atoms with Crippen molar-refractivity contribution >= 4 is 29.4 Å². The zero-order valence-corrected chi connectivity index (χ0v) is 13.1. The van der Waals surface area contributed by atoms with Crippen LogP contribution in [0.25, 0.3) is 6.08 Å². The molecule has 0 spiro atoms. The molecular formula is C16H14N4O5. The molecule has 0 aromatic heterocycles. The van der Waals surface area contributed by atoms with E-state index < -0.39 is 15.5 Å². The third-order valence-corrected chi connectivity index (χ3v) is 3.13. The number of nitro benzene ring substituents is 2. The summed E-state index contributed by atoms with van der Waals surface area (Å²) in [6.45, 7) is 1.78. The topological polar surface area (TPSA) is 131 Å². The number of nitrogens with one attached hydrogen (secondary N) is 1. The molecular weight excluding hydrogens is 328 g/mol. The maximum absolute atomic E-state index is 11.0. The molecule has 0 fully saturated rings. The Morgan fingerprint density at radius 2 is 1.80 bits per heavy atom. The van der Waals surface area contributed by atoms with Gasteiger partial charge in [0.1, 0.15) is 11.4 Å². The molecule has 0 aliphatic rings. The van der Waals surface area contributed by atoms with E-state index in [2.05, 4.69) is 10.5 Å². The fraction of sp³-hybridized carbons (Fsp3) is 0.0625. The van der Waals surface area contributed by atoms with Crippen LogP contribution in [0.3, 0.4) is 0 Å². The largest absolute Gasteiger partial charge is 0.508 e. The molecule has 0 aliphatic heterocycles. The highest BCUT2D eigenvalue weighted by molar-refractivity contribution is 5.85. The molecule has 2 aromatic carbocycles. The third-order valence-electron chi connectivity index (χ3n) is 3.13. The number of hydrogen-bond acceptors (Lipinski definition) is 7. The number of hydrazone groups is 1. The summed E-state index contributed by atoms with van der Waals surface area (Å²) < 4.78 is 0. The van der Waals surface area contributed by atoms with Crippen LogP contribution in [0.2, 0.25) is 0 Å². The first-order chi connectivity index (χ1) is 11.9. The summed E-state index contributed by atoms with van der Waals surface area (Å²) in [6.07, 6.45) is 3.26. The molecule has 0 saturated heterocycles. The second kappa shape index (κ2) is 7.68. The Balaban J connectivity index is 2.14. The van der Waals surface area contributed by atoms with E-state index in [0.717, 1.165) is 23.3 Å². The van der Waals surface area contributed by atoms with E-state index >= 15 is 0 Å². The van der Waals surface area contributed by atoms with E-state index in [-0.39, 0.29) is 17.1 Å². The quantitative estimate of drug-likeness (QED) is 0.467. The van der Waals surface area contributed by atoms with Crippen molar-refractivity contribution < 1.29 is 15.0 Å². The molecule has 0 unspecified atom stereocenters. The average molecular weight is 342 g/mol. The standard InChI is InChI=1S/C16H14N4O5/c1-11(8-12-2-5-14(21)6-3-12)10-17-18-15-7-4-13(19(22)23)9-16(15)20(24)25/h2-10,18,21H,1H3/b11-8+,17-10+. The number of rotatable bonds is 6. The Labute approximate surface area is 142 Å². The van der Waals surface area contributed by atoms with Crippen LogP contribution in [0.4, 0.5) is 17.1 Å². The molecule has 9 heteroatoms. The summed E-state index contributed by atoms with van der Waals surface area (Å²) in [5.41, 5.74) is 3.35. The highest BCUT2D eigenvalue weighted by Crippen LogP contribution is 2.28. The maximum atomic E-state index is 11.0. The van der Waals surface area contributed by atoms with Crippen molar-refractivity contribution in [3.63, 3.8) is 0 Å². The zero-order valence-electron chi connectivity index (χ0n) is 13.1. The van der Waals surface area contributed by atoms with E-state index in [1.54, 1.807) is 37.3 Å². The van der Waals surface area contributed by atoms with Gasteiger partial charge in [0.25, 0.3) is 5.69 Å². The number of hydrogen-bond donors (Lipinski definition) is 2. The van der Waals surface area contributed by atoms with Gasteiger partial charge in [-0.05, 0) is 36.3 Å². The van der Waals surface area contributed by atoms with Crippen LogP contribution in [-0.2, 0) is 0 Å². The monoisotopic (exact) mass is 342 g/mol. The second-order valence-corrected chi connectivity index (χ2v) is 5.07. The van der Waals surface area contributed by atoms with Gasteiger partial charge in [-0.25, -0.2) is 0 Å². The van der Waals surface area contributed by atoms with Crippen molar-refractivity contribution in [2.45, 2.75) is 6.92 Å². The Hall–Kier alpha value is -3.75. The molecule has 0 radical (unpaired) electrons. The number of phenolic OH excluding ortho intramolecular Hbond substituents is 1. The SMILES string of the molecule is CC(/C=N/Nc1ccc([N+](=O)[O-])cc1[N+](=O)[O-])=C\c1ccc(O)cc1. The summed E-state index contributed by atoms with van der Waals surface area (Å²) in [5, 5.41) is 34.9. The van der Waals surface area contributed by atoms with Gasteiger partial charge in [0.2, 0.25) is 0 Å². The van der Waals surface area contributed by atoms with E-state index in [1.807, 2.05) is 0 Å². The molecule has 0 saturated carbocycles. The lowest BCUT2D eigenvalue weighted by molar-refractivity contribution is -0.393. The molecule has 0 amide bonds. The van der Waals surface area contributed by atoms with Gasteiger partial charge in [0.05, 0.1) is 22.1 Å². The predicted octanol–water partition coefficient (Wildman–Crippen LogP) is 3.71. The van der Waals surface area contributed by atoms with E-state index in [1.165, 1.54) is 12.3 Å². The number of benzene rings is 2. The Bertz CT molecular complexity index is 859. The van der Waals surface area contributed by atoms with Crippen LogP contribution < -0.4 is 5.43 Å². The fourth-order valence-corrected chi connectivity index (χ4v) is 1.95. The summed E-state index contributed by atoms with van der Waals surface area (Å²) in [6, 6.07) is 9.81. The van der Waals surface area contributed by atoms with Crippen LogP contribution in [0, 0.1) is 20.2 Å². The normalized spacial score (nSPS) is 11.5. The van der Waals surface area contributed by atoms with Gasteiger partial charge in [-0.1, -0.05) is 18.2 Å². The molecule has 2 rings (SSSR count). The summed E-state index contributed by atoms with van der Waals surface area (Å²) in [4.78, 5) is 20.3. The summed E-state index contributed by atoms with van der Waals surface area (Å²) >= 11 is 0. The maximum Gasteiger partial charge on any atom is 0.301 e. The van der Waals surface area contributed by atoms with Crippen LogP contribution in [0.5, 0.6) is 5.75 Å². The molecule has 25 heavy (non-hydrogen) atoms. The molecule has 0 atom stereocenters. The number of anilines is 1. The van der Waals surface area contributed by atoms with E-state index in [9.17, 15) is 25.3 Å². The Morgan fingerprint density at radius 1 is 1.12 bits per heavy atom. The first-order valence-corrected chi connectivity index (χ1v) is 7.06. The third kappa shape index (κ3) is 4.86. The van der Waals surface area contributed by atoms with Crippen LogP contribution in [0.1, 0.15) is 12.5 Å². The molecule has 0 bridgehead atoms. The molecule has 2 N–H and O–H groups in total. The number of nitro groups is 2. The van der Waals surface area contributed by atoms with Gasteiger partial charge in [-0.15, -0.1) is 0 Å². The van der Waals surface area contributed by atoms with Crippen molar-refractivity contribution in [2.75, 3.05) is 5.43 Å². The molecule has 2 aromatic rings. The van der Waals surface area contributed by atoms with Gasteiger partial charge in [0, 0.05) is 6.07 Å². The molecule has 9 nitrogen and oxygen atoms in total. The molecule has 128 valence electrons. The highest BCUT2D eigenvalue weighted by Gasteiger charge is 2.18. The van der Waals surface area contributed by atoms with Gasteiger partial charge in [-0.3, -0.25) is 25.7 Å². The van der Waals surface area contributed by atoms with Crippen molar-refractivity contribution in [3.8, 4) is 5.75 Å². The van der Waals surface area contributed by atoms with Crippen LogP contribution in [-0.4, -0.2) is 21.2 Å². The number of allylic oxidation sites excluding steroid dienone is 1. The molecule has 0 heterocycles. The lowest BCUT2D eigenvalue weighted by Gasteiger charge is -2.02. The zero-order chi connectivity index (χ0) is 18.4. The smallest absolute Gasteiger partial charge is 0.301 e. The lowest BCUT2D eigenvalue weighted by Crippen LogP contribution is -1.98. The summed E-state index contributed by atoms with van der Waals surface area (Å²) in [7, 11) is 0. The number of phenols is 1. The first-order valence-electron chi connectivity index (χ1n) is 7.06. The van der Waals surface area contributed by atoms with Crippen LogP contribution in [0.15, 0.2) is 53.1 Å². The fourth-order valence-electron chi connectivity index (χ4n) is 1.95. The number of nitrogens with zero attached hydrogens (tertiary/aromatic N) is 3. The van der Waals surface area contributed by atoms with Crippen LogP contribution >= 0.6 is 0 Å². The summed E-state index contributed by atoms with van der Waals surface area (Å²) in [5.74, 6) is 0.163. The lowest BCUT2D eigenvalue weighted by atomic mass is 10.1. The Morgan fingerprint density at radius 3 is 2.40 bits per heavy atom. The minimum atomic E-state index is -0.718. The van der Waals surface area contributed by atoms with Gasteiger partial charge in [0.15, 0.2) is 0 Å². The average Bonchev–Trinajstić information content (AvgIpc) is 2.56. The highest BCUT2D eigenvalue weighted by atomic mass is 16.6. The first kappa shape index (κ1) is 17.6. The minimum absolute atomic E-state index is 0.0456. The van der Waals surface area contributed by atoms with E-state index in [4.69, 9.17) is 0 Å². The predicted molar refractivity (Wildman–Crippen MR) is 93.6 cm³/mol. The Kier molecular flexibility index (Phi) is 5.41. The number of non-ortho nitro benzene ring substituents is 1. The van der Waals surface area contributed by atoms with Gasteiger partial charge >= 0.3 is 5.69 Å². The van der Waals surface area contributed by atoms with E-state index in [0.29, 0.717) is 0 Å². The van der Waals surface area contributed by atoms with Crippen molar-refractivity contribution in [1.82, 2.24) is 0 Å². The second-order valence-electron chi connectivity index (χ2n) is 5.07. The van der Waals surface area contributed by atoms with Crippen molar-refractivity contribution in [1.29, 1.82) is 0 Å². The van der Waals surface area contributed by atoms with Gasteiger partial charge < -0.3 is 5.11 Å². The molecule has 0 aliphatic carbocycles. The number of aromatic hydroxyl groups is 1. The van der Waals surface area contributed by atoms with Crippen molar-refractivity contribution in [2.24, 2.45) is 5.10 Å². The van der Waals surface area contributed by atoms with Gasteiger partial charge in [-0.2, -0.15) is 5.10 Å². The van der Waals surface area contributed by atoms with Crippen molar-refractivity contribution in [3.05, 3.63) is 73.8 Å². The minimum Gasteiger partial charge on any atom is -0.508 e.